The number of hydrogen-bond donors (Lipinski definition) is 1. The number of nitrogens with zero attached hydrogens (tertiary/aromatic N) is 1. The lowest BCUT2D eigenvalue weighted by molar-refractivity contribution is -0.126. The number of rotatable bonds is 2. The summed E-state index contributed by atoms with van der Waals surface area (Å²) in [5, 5.41) is 0. The van der Waals surface area contributed by atoms with Crippen molar-refractivity contribution >= 4 is 17.3 Å². The monoisotopic (exact) mass is 268 g/mol. The van der Waals surface area contributed by atoms with Gasteiger partial charge in [-0.25, -0.2) is 0 Å². The zero-order valence-electron chi connectivity index (χ0n) is 11.2. The molecule has 102 valence electrons. The van der Waals surface area contributed by atoms with Crippen LogP contribution in [0.25, 0.3) is 0 Å². The van der Waals surface area contributed by atoms with E-state index < -0.39 is 6.10 Å². The van der Waals surface area contributed by atoms with Gasteiger partial charge in [0.2, 0.25) is 6.10 Å². The van der Waals surface area contributed by atoms with Gasteiger partial charge in [0.25, 0.3) is 5.91 Å². The van der Waals surface area contributed by atoms with Gasteiger partial charge in [0.15, 0.2) is 0 Å². The minimum Gasteiger partial charge on any atom is -0.474 e. The minimum atomic E-state index is -0.590. The smallest absolute Gasteiger partial charge is 0.272 e. The minimum absolute atomic E-state index is 0.0585. The highest BCUT2D eigenvalue weighted by atomic mass is 16.5. The van der Waals surface area contributed by atoms with Crippen LogP contribution in [-0.4, -0.2) is 12.5 Å². The number of carbonyl (C=O) groups is 1. The molecular formula is C16H16N2O2. The van der Waals surface area contributed by atoms with Gasteiger partial charge in [0.1, 0.15) is 5.75 Å². The predicted molar refractivity (Wildman–Crippen MR) is 78.7 cm³/mol. The van der Waals surface area contributed by atoms with Gasteiger partial charge in [-0.15, -0.1) is 0 Å². The average molecular weight is 268 g/mol. The van der Waals surface area contributed by atoms with Crippen LogP contribution in [-0.2, 0) is 4.79 Å². The molecule has 0 fully saturated rings. The summed E-state index contributed by atoms with van der Waals surface area (Å²) in [6.07, 6.45) is -0.590. The Balaban J connectivity index is 2.06. The van der Waals surface area contributed by atoms with Gasteiger partial charge in [-0.2, -0.15) is 0 Å². The molecule has 1 amide bonds. The van der Waals surface area contributed by atoms with E-state index >= 15 is 0 Å². The summed E-state index contributed by atoms with van der Waals surface area (Å²) in [6.45, 7) is 2.53. The molecule has 2 aromatic carbocycles. The molecule has 1 aliphatic rings. The fourth-order valence-electron chi connectivity index (χ4n) is 2.45. The molecule has 0 saturated heterocycles. The highest BCUT2D eigenvalue weighted by molar-refractivity contribution is 6.01. The van der Waals surface area contributed by atoms with E-state index in [2.05, 4.69) is 0 Å². The quantitative estimate of drug-likeness (QED) is 0.852. The second kappa shape index (κ2) is 4.89. The van der Waals surface area contributed by atoms with Crippen molar-refractivity contribution in [2.24, 2.45) is 0 Å². The van der Waals surface area contributed by atoms with Crippen molar-refractivity contribution in [2.45, 2.75) is 13.0 Å². The van der Waals surface area contributed by atoms with Crippen LogP contribution < -0.4 is 15.4 Å². The Kier molecular flexibility index (Phi) is 3.06. The Morgan fingerprint density at radius 2 is 1.95 bits per heavy atom. The Labute approximate surface area is 117 Å². The Hall–Kier alpha value is -2.49. The van der Waals surface area contributed by atoms with Gasteiger partial charge in [0, 0.05) is 17.8 Å². The molecule has 1 unspecified atom stereocenters. The second-order valence-electron chi connectivity index (χ2n) is 4.72. The summed E-state index contributed by atoms with van der Waals surface area (Å²) in [5.74, 6) is 0.631. The molecule has 1 atom stereocenters. The number of benzene rings is 2. The lowest BCUT2D eigenvalue weighted by Crippen LogP contribution is -2.41. The molecule has 0 aromatic heterocycles. The van der Waals surface area contributed by atoms with Crippen LogP contribution in [0.2, 0.25) is 0 Å². The zero-order valence-corrected chi connectivity index (χ0v) is 11.2. The topological polar surface area (TPSA) is 55.6 Å². The van der Waals surface area contributed by atoms with Gasteiger partial charge >= 0.3 is 0 Å². The average Bonchev–Trinajstić information content (AvgIpc) is 2.48. The largest absolute Gasteiger partial charge is 0.474 e. The van der Waals surface area contributed by atoms with Crippen molar-refractivity contribution in [3.8, 4) is 5.75 Å². The number of anilines is 2. The molecule has 20 heavy (non-hydrogen) atoms. The van der Waals surface area contributed by atoms with Gasteiger partial charge in [-0.3, -0.25) is 4.79 Å². The summed E-state index contributed by atoms with van der Waals surface area (Å²) in [4.78, 5) is 14.3. The van der Waals surface area contributed by atoms with Crippen LogP contribution in [0.3, 0.4) is 0 Å². The number of carbonyl (C=O) groups excluding carboxylic acids is 1. The maximum absolute atomic E-state index is 12.6. The molecule has 3 rings (SSSR count). The maximum Gasteiger partial charge on any atom is 0.272 e. The van der Waals surface area contributed by atoms with E-state index in [1.165, 1.54) is 0 Å². The Morgan fingerprint density at radius 1 is 1.20 bits per heavy atom. The third-order valence-electron chi connectivity index (χ3n) is 3.43. The molecule has 0 saturated carbocycles. The second-order valence-corrected chi connectivity index (χ2v) is 4.72. The Morgan fingerprint density at radius 3 is 2.65 bits per heavy atom. The summed E-state index contributed by atoms with van der Waals surface area (Å²) in [5.41, 5.74) is 8.02. The molecule has 0 aliphatic carbocycles. The van der Waals surface area contributed by atoms with Crippen LogP contribution >= 0.6 is 0 Å². The summed E-state index contributed by atoms with van der Waals surface area (Å²) in [6, 6.07) is 14.9. The first-order valence-electron chi connectivity index (χ1n) is 6.63. The van der Waals surface area contributed by atoms with Crippen LogP contribution in [0, 0.1) is 0 Å². The fraction of sp³-hybridized carbons (Fsp3) is 0.188. The molecule has 2 aromatic rings. The first-order valence-corrected chi connectivity index (χ1v) is 6.63. The van der Waals surface area contributed by atoms with Crippen molar-refractivity contribution < 1.29 is 9.53 Å². The van der Waals surface area contributed by atoms with E-state index in [-0.39, 0.29) is 5.91 Å². The third-order valence-corrected chi connectivity index (χ3v) is 3.43. The molecule has 0 bridgehead atoms. The first-order chi connectivity index (χ1) is 9.70. The van der Waals surface area contributed by atoms with Gasteiger partial charge < -0.3 is 15.4 Å². The summed E-state index contributed by atoms with van der Waals surface area (Å²) < 4.78 is 5.87. The van der Waals surface area contributed by atoms with Crippen LogP contribution in [0.15, 0.2) is 48.5 Å². The number of fused-ring (bicyclic) bond motifs is 1. The molecule has 2 N–H and O–H groups in total. The third kappa shape index (κ3) is 1.99. The first kappa shape index (κ1) is 12.5. The van der Waals surface area contributed by atoms with Crippen molar-refractivity contribution in [1.29, 1.82) is 0 Å². The normalized spacial score (nSPS) is 17.6. The molecule has 1 heterocycles. The van der Waals surface area contributed by atoms with Crippen LogP contribution in [0.1, 0.15) is 18.6 Å². The molecule has 4 nitrogen and oxygen atoms in total. The number of nitrogens with two attached hydrogens (primary N) is 1. The van der Waals surface area contributed by atoms with Crippen molar-refractivity contribution in [3.63, 3.8) is 0 Å². The van der Waals surface area contributed by atoms with Crippen molar-refractivity contribution in [3.05, 3.63) is 54.1 Å². The summed E-state index contributed by atoms with van der Waals surface area (Å²) in [7, 11) is 0. The predicted octanol–water partition coefficient (Wildman–Crippen LogP) is 2.76. The molecule has 4 heteroatoms. The zero-order chi connectivity index (χ0) is 14.1. The van der Waals surface area contributed by atoms with Gasteiger partial charge in [0.05, 0.1) is 5.69 Å². The number of amides is 1. The highest BCUT2D eigenvalue weighted by Crippen LogP contribution is 2.39. The number of nitrogen functional groups attached to an aromatic ring is 1. The Bertz CT molecular complexity index is 640. The fourth-order valence-corrected chi connectivity index (χ4v) is 2.45. The van der Waals surface area contributed by atoms with E-state index in [0.717, 1.165) is 11.3 Å². The van der Waals surface area contributed by atoms with Crippen molar-refractivity contribution in [1.82, 2.24) is 0 Å². The number of ether oxygens (including phenoxy) is 1. The van der Waals surface area contributed by atoms with Gasteiger partial charge in [-0.05, 0) is 25.1 Å². The maximum atomic E-state index is 12.6. The van der Waals surface area contributed by atoms with Gasteiger partial charge in [-0.1, -0.05) is 30.3 Å². The molecule has 0 radical (unpaired) electrons. The lowest BCUT2D eigenvalue weighted by Gasteiger charge is -2.34. The van der Waals surface area contributed by atoms with E-state index in [1.807, 2.05) is 43.3 Å². The summed E-state index contributed by atoms with van der Waals surface area (Å²) >= 11 is 0. The number of hydrogen-bond acceptors (Lipinski definition) is 3. The lowest BCUT2D eigenvalue weighted by atomic mass is 10.1. The van der Waals surface area contributed by atoms with Crippen LogP contribution in [0.5, 0.6) is 5.75 Å². The number of likely N-dealkylation sites (N-methyl/N-ethyl adjacent to an activating group) is 1. The SMILES string of the molecule is CCN1C(=O)C(c2ccccc2)Oc2ccc(N)cc21. The van der Waals surface area contributed by atoms with Crippen molar-refractivity contribution in [2.75, 3.05) is 17.2 Å². The standard InChI is InChI=1S/C16H16N2O2/c1-2-18-13-10-12(17)8-9-14(13)20-15(16(18)19)11-6-4-3-5-7-11/h3-10,15H,2,17H2,1H3. The molecular weight excluding hydrogens is 252 g/mol. The van der Waals surface area contributed by atoms with Crippen LogP contribution in [0.4, 0.5) is 11.4 Å². The van der Waals surface area contributed by atoms with E-state index in [9.17, 15) is 4.79 Å². The molecule has 1 aliphatic heterocycles. The van der Waals surface area contributed by atoms with E-state index in [1.54, 1.807) is 17.0 Å². The molecule has 0 spiro atoms. The highest BCUT2D eigenvalue weighted by Gasteiger charge is 2.34. The van der Waals surface area contributed by atoms with E-state index in [0.29, 0.717) is 18.0 Å². The van der Waals surface area contributed by atoms with E-state index in [4.69, 9.17) is 10.5 Å².